The van der Waals surface area contributed by atoms with E-state index in [1.54, 1.807) is 18.3 Å². The summed E-state index contributed by atoms with van der Waals surface area (Å²) in [5.41, 5.74) is 2.42. The van der Waals surface area contributed by atoms with Crippen LogP contribution in [-0.4, -0.2) is 41.9 Å². The van der Waals surface area contributed by atoms with Crippen LogP contribution in [0.5, 0.6) is 0 Å². The molecule has 7 heteroatoms. The van der Waals surface area contributed by atoms with E-state index in [0.717, 1.165) is 56.0 Å². The Bertz CT molecular complexity index is 1020. The quantitative estimate of drug-likeness (QED) is 0.596. The Morgan fingerprint density at radius 2 is 2.06 bits per heavy atom. The number of carboxylic acids is 1. The van der Waals surface area contributed by atoms with Crippen LogP contribution < -0.4 is 10.2 Å². The topological polar surface area (TPSA) is 98.5 Å². The first-order valence-corrected chi connectivity index (χ1v) is 11.8. The fourth-order valence-electron chi connectivity index (χ4n) is 4.85. The lowest BCUT2D eigenvalue weighted by atomic mass is 9.64. The van der Waals surface area contributed by atoms with Crippen LogP contribution >= 0.6 is 0 Å². The van der Waals surface area contributed by atoms with Crippen LogP contribution in [0.1, 0.15) is 57.1 Å². The molecule has 2 aromatic rings. The summed E-state index contributed by atoms with van der Waals surface area (Å²) in [5.74, 6) is 0.333. The van der Waals surface area contributed by atoms with Crippen molar-refractivity contribution in [3.63, 3.8) is 0 Å². The van der Waals surface area contributed by atoms with Crippen LogP contribution in [0.3, 0.4) is 0 Å². The second kappa shape index (κ2) is 9.80. The normalized spacial score (nSPS) is 17.8. The third-order valence-electron chi connectivity index (χ3n) is 6.82. The van der Waals surface area contributed by atoms with Gasteiger partial charge in [-0.2, -0.15) is 5.26 Å². The van der Waals surface area contributed by atoms with Crippen LogP contribution in [-0.2, 0) is 14.9 Å². The van der Waals surface area contributed by atoms with Crippen LogP contribution in [0, 0.1) is 17.2 Å². The second-order valence-corrected chi connectivity index (χ2v) is 9.53. The number of ether oxygens (including phenoxy) is 1. The molecule has 33 heavy (non-hydrogen) atoms. The molecule has 0 radical (unpaired) electrons. The van der Waals surface area contributed by atoms with Crippen molar-refractivity contribution < 1.29 is 14.6 Å². The summed E-state index contributed by atoms with van der Waals surface area (Å²) < 4.78 is 5.61. The van der Waals surface area contributed by atoms with E-state index in [-0.39, 0.29) is 0 Å². The van der Waals surface area contributed by atoms with Crippen LogP contribution in [0.2, 0.25) is 0 Å². The van der Waals surface area contributed by atoms with E-state index in [0.29, 0.717) is 36.2 Å². The minimum Gasteiger partial charge on any atom is -0.481 e. The molecule has 7 nitrogen and oxygen atoms in total. The van der Waals surface area contributed by atoms with Gasteiger partial charge in [-0.1, -0.05) is 26.3 Å². The highest BCUT2D eigenvalue weighted by molar-refractivity contribution is 5.85. The van der Waals surface area contributed by atoms with E-state index in [2.05, 4.69) is 41.2 Å². The van der Waals surface area contributed by atoms with Crippen molar-refractivity contribution in [3.05, 3.63) is 47.7 Å². The fraction of sp³-hybridized carbons (Fsp3) is 0.500. The van der Waals surface area contributed by atoms with Gasteiger partial charge in [-0.05, 0) is 61.4 Å². The molecule has 174 valence electrons. The first-order chi connectivity index (χ1) is 15.9. The monoisotopic (exact) mass is 448 g/mol. The summed E-state index contributed by atoms with van der Waals surface area (Å²) in [4.78, 5) is 19.0. The molecule has 1 aromatic carbocycles. The van der Waals surface area contributed by atoms with Crippen molar-refractivity contribution in [1.29, 1.82) is 5.26 Å². The van der Waals surface area contributed by atoms with Gasteiger partial charge < -0.3 is 20.1 Å². The number of carbonyl (C=O) groups is 1. The van der Waals surface area contributed by atoms with Gasteiger partial charge in [0.2, 0.25) is 0 Å². The number of nitriles is 1. The molecule has 2 N–H and O–H groups in total. The van der Waals surface area contributed by atoms with E-state index in [9.17, 15) is 9.90 Å². The van der Waals surface area contributed by atoms with Gasteiger partial charge in [0.1, 0.15) is 11.9 Å². The predicted octanol–water partition coefficient (Wildman–Crippen LogP) is 4.84. The van der Waals surface area contributed by atoms with Gasteiger partial charge in [-0.25, -0.2) is 4.98 Å². The average molecular weight is 449 g/mol. The third-order valence-corrected chi connectivity index (χ3v) is 6.82. The molecular formula is C26H32N4O3. The number of nitrogens with zero attached hydrogens (tertiary/aromatic N) is 3. The van der Waals surface area contributed by atoms with E-state index in [1.807, 2.05) is 12.1 Å². The first kappa shape index (κ1) is 23.1. The average Bonchev–Trinajstić information content (AvgIpc) is 2.78. The molecule has 2 heterocycles. The van der Waals surface area contributed by atoms with Crippen molar-refractivity contribution in [2.45, 2.75) is 57.4 Å². The highest BCUT2D eigenvalue weighted by Gasteiger charge is 2.46. The summed E-state index contributed by atoms with van der Waals surface area (Å²) in [7, 11) is 0. The standard InChI is InChI=1S/C26H32N4O3/c1-18(2)17-30(21-8-12-33-13-9-21)23-6-5-20(26(25(31)32)10-3-11-26)14-22(23)29-24-7-4-19(15-27)16-28-24/h4-7,14,16,18,21H,3,8-13,17H2,1-2H3,(H,28,29)(H,31,32). The predicted molar refractivity (Wildman–Crippen MR) is 128 cm³/mol. The minimum atomic E-state index is -0.811. The number of hydrogen-bond donors (Lipinski definition) is 2. The Balaban J connectivity index is 1.76. The molecule has 0 unspecified atom stereocenters. The van der Waals surface area contributed by atoms with E-state index in [1.165, 1.54) is 0 Å². The fourth-order valence-corrected chi connectivity index (χ4v) is 4.85. The molecule has 1 aromatic heterocycles. The highest BCUT2D eigenvalue weighted by atomic mass is 16.5. The first-order valence-electron chi connectivity index (χ1n) is 11.8. The minimum absolute atomic E-state index is 0.360. The van der Waals surface area contributed by atoms with Crippen molar-refractivity contribution in [2.75, 3.05) is 30.0 Å². The molecule has 4 rings (SSSR count). The zero-order valence-electron chi connectivity index (χ0n) is 19.4. The van der Waals surface area contributed by atoms with Crippen molar-refractivity contribution >= 4 is 23.2 Å². The van der Waals surface area contributed by atoms with Crippen LogP contribution in [0.25, 0.3) is 0 Å². The number of aliphatic carboxylic acids is 1. The van der Waals surface area contributed by atoms with Crippen molar-refractivity contribution in [3.8, 4) is 6.07 Å². The summed E-state index contributed by atoms with van der Waals surface area (Å²) in [6.07, 6.45) is 5.71. The van der Waals surface area contributed by atoms with Gasteiger partial charge in [-0.15, -0.1) is 0 Å². The molecule has 2 aliphatic rings. The summed E-state index contributed by atoms with van der Waals surface area (Å²) in [6, 6.07) is 12.0. The van der Waals surface area contributed by atoms with Gasteiger partial charge in [0.05, 0.1) is 22.4 Å². The number of pyridine rings is 1. The Labute approximate surface area is 195 Å². The largest absolute Gasteiger partial charge is 0.481 e. The number of rotatable bonds is 8. The molecule has 1 saturated carbocycles. The molecular weight excluding hydrogens is 416 g/mol. The maximum absolute atomic E-state index is 12.2. The number of carboxylic acid groups (broad SMARTS) is 1. The van der Waals surface area contributed by atoms with Crippen LogP contribution in [0.15, 0.2) is 36.5 Å². The van der Waals surface area contributed by atoms with Crippen molar-refractivity contribution in [1.82, 2.24) is 4.98 Å². The summed E-state index contributed by atoms with van der Waals surface area (Å²) in [6.45, 7) is 6.82. The molecule has 1 aliphatic heterocycles. The second-order valence-electron chi connectivity index (χ2n) is 9.53. The molecule has 2 fully saturated rings. The van der Waals surface area contributed by atoms with Crippen LogP contribution in [0.4, 0.5) is 17.2 Å². The lowest BCUT2D eigenvalue weighted by Gasteiger charge is -2.41. The van der Waals surface area contributed by atoms with Gasteiger partial charge in [0.15, 0.2) is 0 Å². The molecule has 1 saturated heterocycles. The molecule has 0 bridgehead atoms. The SMILES string of the molecule is CC(C)CN(c1ccc(C2(C(=O)O)CCC2)cc1Nc1ccc(C#N)cn1)C1CCOCC1. The van der Waals surface area contributed by atoms with E-state index >= 15 is 0 Å². The maximum atomic E-state index is 12.2. The highest BCUT2D eigenvalue weighted by Crippen LogP contribution is 2.46. The number of nitrogens with one attached hydrogen (secondary N) is 1. The van der Waals surface area contributed by atoms with Crippen molar-refractivity contribution in [2.24, 2.45) is 5.92 Å². The maximum Gasteiger partial charge on any atom is 0.314 e. The van der Waals surface area contributed by atoms with Gasteiger partial charge in [0.25, 0.3) is 0 Å². The Hall–Kier alpha value is -3.11. The van der Waals surface area contributed by atoms with Gasteiger partial charge >= 0.3 is 5.97 Å². The summed E-state index contributed by atoms with van der Waals surface area (Å²) >= 11 is 0. The van der Waals surface area contributed by atoms with E-state index in [4.69, 9.17) is 10.00 Å². The lowest BCUT2D eigenvalue weighted by Crippen LogP contribution is -2.43. The lowest BCUT2D eigenvalue weighted by molar-refractivity contribution is -0.147. The number of anilines is 3. The van der Waals surface area contributed by atoms with Gasteiger partial charge in [-0.3, -0.25) is 4.79 Å². The zero-order chi connectivity index (χ0) is 23.4. The van der Waals surface area contributed by atoms with Gasteiger partial charge in [0, 0.05) is 32.0 Å². The Morgan fingerprint density at radius 3 is 2.61 bits per heavy atom. The number of hydrogen-bond acceptors (Lipinski definition) is 6. The third kappa shape index (κ3) is 4.81. The summed E-state index contributed by atoms with van der Waals surface area (Å²) in [5, 5.41) is 22.5. The number of benzene rings is 1. The Kier molecular flexibility index (Phi) is 6.85. The molecule has 0 spiro atoms. The molecule has 0 atom stereocenters. The Morgan fingerprint density at radius 1 is 1.30 bits per heavy atom. The smallest absolute Gasteiger partial charge is 0.314 e. The zero-order valence-corrected chi connectivity index (χ0v) is 19.4. The molecule has 1 aliphatic carbocycles. The number of aromatic nitrogens is 1. The van der Waals surface area contributed by atoms with E-state index < -0.39 is 11.4 Å². The molecule has 0 amide bonds.